The number of nitrogens with zero attached hydrogens (tertiary/aromatic N) is 1. The topological polar surface area (TPSA) is 84.4 Å². The van der Waals surface area contributed by atoms with Crippen molar-refractivity contribution in [3.8, 4) is 5.75 Å². The Balaban J connectivity index is 1.31. The highest BCUT2D eigenvalue weighted by Crippen LogP contribution is 2.26. The van der Waals surface area contributed by atoms with Gasteiger partial charge in [-0.3, -0.25) is 9.59 Å². The molecule has 0 aliphatic heterocycles. The highest BCUT2D eigenvalue weighted by Gasteiger charge is 2.32. The summed E-state index contributed by atoms with van der Waals surface area (Å²) in [6.07, 6.45) is 3.63. The van der Waals surface area contributed by atoms with Gasteiger partial charge in [0.15, 0.2) is 0 Å². The van der Waals surface area contributed by atoms with Crippen LogP contribution in [0.2, 0.25) is 0 Å². The number of amides is 2. The molecule has 33 heavy (non-hydrogen) atoms. The first-order chi connectivity index (χ1) is 16.1. The smallest absolute Gasteiger partial charge is 0.268 e. The van der Waals surface area contributed by atoms with E-state index in [1.807, 2.05) is 66.2 Å². The number of anilines is 1. The first-order valence-corrected chi connectivity index (χ1v) is 11.6. The van der Waals surface area contributed by atoms with Gasteiger partial charge >= 0.3 is 0 Å². The van der Waals surface area contributed by atoms with Gasteiger partial charge in [0.05, 0.1) is 13.0 Å². The highest BCUT2D eigenvalue weighted by atomic mass is 16.5. The van der Waals surface area contributed by atoms with Crippen LogP contribution in [0.25, 0.3) is 10.9 Å². The number of benzene rings is 2. The molecule has 1 heterocycles. The Kier molecular flexibility index (Phi) is 7.17. The minimum atomic E-state index is -0.210. The SMILES string of the molecule is COc1ccc(NCCNC(=O)[C@@H]2CCCC[C@@H]2NC(=O)c2cc3ccccc3n2C)cc1. The van der Waals surface area contributed by atoms with Crippen LogP contribution in [0.5, 0.6) is 5.75 Å². The summed E-state index contributed by atoms with van der Waals surface area (Å²) < 4.78 is 7.07. The molecule has 4 rings (SSSR count). The number of methoxy groups -OCH3 is 1. The molecule has 0 radical (unpaired) electrons. The number of aromatic nitrogens is 1. The molecule has 2 aromatic carbocycles. The molecule has 2 amide bonds. The molecule has 7 heteroatoms. The second-order valence-corrected chi connectivity index (χ2v) is 8.56. The van der Waals surface area contributed by atoms with E-state index in [2.05, 4.69) is 16.0 Å². The summed E-state index contributed by atoms with van der Waals surface area (Å²) >= 11 is 0. The lowest BCUT2D eigenvalue weighted by atomic mass is 9.83. The van der Waals surface area contributed by atoms with E-state index in [0.29, 0.717) is 18.8 Å². The van der Waals surface area contributed by atoms with E-state index in [1.165, 1.54) is 0 Å². The molecular formula is C26H32N4O3. The van der Waals surface area contributed by atoms with Gasteiger partial charge in [-0.1, -0.05) is 31.0 Å². The Morgan fingerprint density at radius 3 is 2.55 bits per heavy atom. The van der Waals surface area contributed by atoms with Gasteiger partial charge in [0.25, 0.3) is 5.91 Å². The zero-order chi connectivity index (χ0) is 23.2. The number of aryl methyl sites for hydroxylation is 1. The molecule has 2 atom stereocenters. The number of rotatable bonds is 8. The zero-order valence-electron chi connectivity index (χ0n) is 19.3. The fourth-order valence-electron chi connectivity index (χ4n) is 4.60. The number of para-hydroxylation sites is 1. The second-order valence-electron chi connectivity index (χ2n) is 8.56. The van der Waals surface area contributed by atoms with Crippen LogP contribution in [0.4, 0.5) is 5.69 Å². The van der Waals surface area contributed by atoms with E-state index in [-0.39, 0.29) is 23.8 Å². The Morgan fingerprint density at radius 1 is 1.03 bits per heavy atom. The molecule has 1 aromatic heterocycles. The molecule has 0 unspecified atom stereocenters. The molecule has 3 aromatic rings. The van der Waals surface area contributed by atoms with E-state index in [4.69, 9.17) is 4.74 Å². The van der Waals surface area contributed by atoms with Crippen LogP contribution in [-0.2, 0) is 11.8 Å². The number of hydrogen-bond acceptors (Lipinski definition) is 4. The van der Waals surface area contributed by atoms with Crippen LogP contribution in [0.15, 0.2) is 54.6 Å². The van der Waals surface area contributed by atoms with Crippen molar-refractivity contribution in [2.75, 3.05) is 25.5 Å². The third-order valence-corrected chi connectivity index (χ3v) is 6.45. The summed E-state index contributed by atoms with van der Waals surface area (Å²) in [6, 6.07) is 17.4. The van der Waals surface area contributed by atoms with Crippen molar-refractivity contribution in [3.63, 3.8) is 0 Å². The number of carbonyl (C=O) groups is 2. The highest BCUT2D eigenvalue weighted by molar-refractivity contribution is 5.99. The summed E-state index contributed by atoms with van der Waals surface area (Å²) in [7, 11) is 3.54. The molecular weight excluding hydrogens is 416 g/mol. The largest absolute Gasteiger partial charge is 0.497 e. The van der Waals surface area contributed by atoms with Crippen LogP contribution in [0, 0.1) is 5.92 Å². The molecule has 7 nitrogen and oxygen atoms in total. The summed E-state index contributed by atoms with van der Waals surface area (Å²) in [5, 5.41) is 10.5. The Labute approximate surface area is 194 Å². The van der Waals surface area contributed by atoms with Crippen molar-refractivity contribution in [1.82, 2.24) is 15.2 Å². The van der Waals surface area contributed by atoms with E-state index in [9.17, 15) is 9.59 Å². The Hall–Kier alpha value is -3.48. The lowest BCUT2D eigenvalue weighted by Crippen LogP contribution is -2.49. The molecule has 0 bridgehead atoms. The van der Waals surface area contributed by atoms with Gasteiger partial charge < -0.3 is 25.3 Å². The van der Waals surface area contributed by atoms with Crippen molar-refractivity contribution in [3.05, 3.63) is 60.3 Å². The van der Waals surface area contributed by atoms with Gasteiger partial charge in [-0.15, -0.1) is 0 Å². The van der Waals surface area contributed by atoms with Crippen LogP contribution >= 0.6 is 0 Å². The molecule has 1 aliphatic carbocycles. The van der Waals surface area contributed by atoms with E-state index in [0.717, 1.165) is 48.0 Å². The molecule has 0 spiro atoms. The maximum Gasteiger partial charge on any atom is 0.268 e. The summed E-state index contributed by atoms with van der Waals surface area (Å²) in [5.74, 6) is 0.481. The van der Waals surface area contributed by atoms with Crippen LogP contribution < -0.4 is 20.7 Å². The fourth-order valence-corrected chi connectivity index (χ4v) is 4.60. The second kappa shape index (κ2) is 10.4. The summed E-state index contributed by atoms with van der Waals surface area (Å²) in [6.45, 7) is 1.14. The molecule has 174 valence electrons. The summed E-state index contributed by atoms with van der Waals surface area (Å²) in [4.78, 5) is 26.0. The number of ether oxygens (including phenoxy) is 1. The van der Waals surface area contributed by atoms with Crippen molar-refractivity contribution in [1.29, 1.82) is 0 Å². The predicted octanol–water partition coefficient (Wildman–Crippen LogP) is 3.70. The lowest BCUT2D eigenvalue weighted by Gasteiger charge is -2.31. The van der Waals surface area contributed by atoms with Crippen LogP contribution in [-0.4, -0.2) is 42.6 Å². The van der Waals surface area contributed by atoms with Gasteiger partial charge in [-0.25, -0.2) is 0 Å². The third kappa shape index (κ3) is 5.30. The third-order valence-electron chi connectivity index (χ3n) is 6.45. The Morgan fingerprint density at radius 2 is 1.79 bits per heavy atom. The van der Waals surface area contributed by atoms with Gasteiger partial charge in [-0.2, -0.15) is 0 Å². The maximum atomic E-state index is 13.1. The first-order valence-electron chi connectivity index (χ1n) is 11.6. The standard InChI is InChI=1S/C26H32N4O3/c1-30-23-10-6-3-7-18(23)17-24(30)26(32)29-22-9-5-4-8-21(22)25(31)28-16-15-27-19-11-13-20(33-2)14-12-19/h3,6-7,10-14,17,21-22,27H,4-5,8-9,15-16H2,1-2H3,(H,28,31)(H,29,32)/t21-,22+/m1/s1. The predicted molar refractivity (Wildman–Crippen MR) is 131 cm³/mol. The first kappa shape index (κ1) is 22.7. The minimum absolute atomic E-state index is 0.00794. The maximum absolute atomic E-state index is 13.1. The van der Waals surface area contributed by atoms with E-state index < -0.39 is 0 Å². The summed E-state index contributed by atoms with van der Waals surface area (Å²) in [5.41, 5.74) is 2.61. The van der Waals surface area contributed by atoms with Gasteiger partial charge in [0.1, 0.15) is 11.4 Å². The Bertz CT molecular complexity index is 1110. The van der Waals surface area contributed by atoms with Crippen LogP contribution in [0.1, 0.15) is 36.2 Å². The number of nitrogens with one attached hydrogen (secondary N) is 3. The molecule has 0 saturated heterocycles. The normalized spacial score (nSPS) is 18.0. The molecule has 1 aliphatic rings. The quantitative estimate of drug-likeness (QED) is 0.459. The van der Waals surface area contributed by atoms with E-state index >= 15 is 0 Å². The van der Waals surface area contributed by atoms with Crippen molar-refractivity contribution in [2.24, 2.45) is 13.0 Å². The number of hydrogen-bond donors (Lipinski definition) is 3. The number of carbonyl (C=O) groups excluding carboxylic acids is 2. The van der Waals surface area contributed by atoms with Crippen LogP contribution in [0.3, 0.4) is 0 Å². The average Bonchev–Trinajstić information content (AvgIpc) is 3.19. The van der Waals surface area contributed by atoms with Gasteiger partial charge in [0.2, 0.25) is 5.91 Å². The lowest BCUT2D eigenvalue weighted by molar-refractivity contribution is -0.126. The molecule has 1 saturated carbocycles. The molecule has 3 N–H and O–H groups in total. The van der Waals surface area contributed by atoms with Gasteiger partial charge in [-0.05, 0) is 49.2 Å². The number of fused-ring (bicyclic) bond motifs is 1. The van der Waals surface area contributed by atoms with Crippen molar-refractivity contribution >= 4 is 28.4 Å². The molecule has 1 fully saturated rings. The monoisotopic (exact) mass is 448 g/mol. The zero-order valence-corrected chi connectivity index (χ0v) is 19.3. The minimum Gasteiger partial charge on any atom is -0.497 e. The van der Waals surface area contributed by atoms with Crippen molar-refractivity contribution < 1.29 is 14.3 Å². The average molecular weight is 449 g/mol. The fraction of sp³-hybridized carbons (Fsp3) is 0.385. The van der Waals surface area contributed by atoms with Crippen molar-refractivity contribution in [2.45, 2.75) is 31.7 Å². The van der Waals surface area contributed by atoms with Gasteiger partial charge in [0, 0.05) is 42.8 Å². The van der Waals surface area contributed by atoms with E-state index in [1.54, 1.807) is 7.11 Å².